The number of methoxy groups -OCH3 is 1. The monoisotopic (exact) mass is 538 g/mol. The number of nitrogens with zero attached hydrogens (tertiary/aromatic N) is 6. The van der Waals surface area contributed by atoms with E-state index in [2.05, 4.69) is 41.1 Å². The van der Waals surface area contributed by atoms with E-state index < -0.39 is 6.09 Å². The average Bonchev–Trinajstić information content (AvgIpc) is 3.44. The number of hydrogen-bond acceptors (Lipinski definition) is 8. The number of hydrogen-bond donors (Lipinski definition) is 2. The van der Waals surface area contributed by atoms with Crippen LogP contribution in [0.3, 0.4) is 0 Å². The van der Waals surface area contributed by atoms with Crippen molar-refractivity contribution in [3.8, 4) is 16.9 Å². The molecule has 0 aliphatic heterocycles. The van der Waals surface area contributed by atoms with Gasteiger partial charge in [-0.15, -0.1) is 15.3 Å². The van der Waals surface area contributed by atoms with Gasteiger partial charge in [0.1, 0.15) is 6.33 Å². The van der Waals surface area contributed by atoms with E-state index in [9.17, 15) is 9.59 Å². The van der Waals surface area contributed by atoms with Gasteiger partial charge >= 0.3 is 6.09 Å². The molecule has 11 nitrogen and oxygen atoms in total. The highest BCUT2D eigenvalue weighted by molar-refractivity contribution is 6.30. The summed E-state index contributed by atoms with van der Waals surface area (Å²) in [6.45, 7) is 0.325. The standard InChI is InChI=1S/C24H20Cl2N8O3/c1-37-24(36)29-19-6-2-15(3-7-19)20-13-17(23(26)31-30-20)10-11-27-22(35)9-4-16-12-18(25)5-8-21(16)34-14-28-32-33-34/h2-9,12-14H,10-11H2,1H3,(H,27,35)(H,29,36)/b9-4+. The number of ether oxygens (including phenoxy) is 1. The first-order valence-electron chi connectivity index (χ1n) is 10.9. The van der Waals surface area contributed by atoms with Crippen LogP contribution in [0.4, 0.5) is 10.5 Å². The molecule has 2 amide bonds. The lowest BCUT2D eigenvalue weighted by molar-refractivity contribution is -0.116. The first-order chi connectivity index (χ1) is 17.9. The third kappa shape index (κ3) is 6.87. The molecule has 2 heterocycles. The second kappa shape index (κ2) is 12.1. The third-order valence-corrected chi connectivity index (χ3v) is 5.68. The van der Waals surface area contributed by atoms with Crippen molar-refractivity contribution in [2.45, 2.75) is 6.42 Å². The van der Waals surface area contributed by atoms with E-state index in [0.29, 0.717) is 40.6 Å². The van der Waals surface area contributed by atoms with Gasteiger partial charge in [0.15, 0.2) is 5.15 Å². The molecule has 4 aromatic rings. The molecule has 0 unspecified atom stereocenters. The lowest BCUT2D eigenvalue weighted by Gasteiger charge is -2.08. The van der Waals surface area contributed by atoms with Crippen molar-refractivity contribution < 1.29 is 14.3 Å². The van der Waals surface area contributed by atoms with Crippen molar-refractivity contribution >= 4 is 47.0 Å². The van der Waals surface area contributed by atoms with Crippen molar-refractivity contribution in [2.24, 2.45) is 0 Å². The van der Waals surface area contributed by atoms with Gasteiger partial charge in [0.05, 0.1) is 18.5 Å². The van der Waals surface area contributed by atoms with Crippen LogP contribution in [0.5, 0.6) is 0 Å². The second-order valence-corrected chi connectivity index (χ2v) is 8.37. The molecule has 0 fully saturated rings. The molecule has 0 spiro atoms. The summed E-state index contributed by atoms with van der Waals surface area (Å²) >= 11 is 12.3. The Bertz CT molecular complexity index is 1430. The number of tetrazole rings is 1. The van der Waals surface area contributed by atoms with E-state index in [0.717, 1.165) is 11.1 Å². The fraction of sp³-hybridized carbons (Fsp3) is 0.125. The molecule has 188 valence electrons. The lowest BCUT2D eigenvalue weighted by Crippen LogP contribution is -2.23. The van der Waals surface area contributed by atoms with E-state index in [1.807, 2.05) is 6.07 Å². The minimum Gasteiger partial charge on any atom is -0.453 e. The van der Waals surface area contributed by atoms with Crippen LogP contribution in [0, 0.1) is 0 Å². The number of rotatable bonds is 8. The summed E-state index contributed by atoms with van der Waals surface area (Å²) in [7, 11) is 1.29. The van der Waals surface area contributed by atoms with E-state index >= 15 is 0 Å². The predicted octanol–water partition coefficient (Wildman–Crippen LogP) is 3.98. The summed E-state index contributed by atoms with van der Waals surface area (Å²) in [5.41, 5.74) is 4.04. The first kappa shape index (κ1) is 25.7. The van der Waals surface area contributed by atoms with E-state index in [1.54, 1.807) is 48.5 Å². The molecule has 0 bridgehead atoms. The Morgan fingerprint density at radius 3 is 2.62 bits per heavy atom. The molecule has 2 aromatic heterocycles. The molecule has 0 saturated heterocycles. The molecular weight excluding hydrogens is 519 g/mol. The average molecular weight is 539 g/mol. The molecular formula is C24H20Cl2N8O3. The minimum absolute atomic E-state index is 0.252. The van der Waals surface area contributed by atoms with Gasteiger partial charge in [-0.05, 0) is 64.9 Å². The summed E-state index contributed by atoms with van der Waals surface area (Å²) in [6, 6.07) is 14.0. The zero-order valence-electron chi connectivity index (χ0n) is 19.4. The Balaban J connectivity index is 1.37. The van der Waals surface area contributed by atoms with Gasteiger partial charge in [-0.1, -0.05) is 35.3 Å². The SMILES string of the molecule is COC(=O)Nc1ccc(-c2cc(CCNC(=O)/C=C/c3cc(Cl)ccc3-n3cnnn3)c(Cl)nn2)cc1. The summed E-state index contributed by atoms with van der Waals surface area (Å²) < 4.78 is 6.06. The molecule has 0 aliphatic rings. The normalized spacial score (nSPS) is 10.9. The van der Waals surface area contributed by atoms with E-state index in [4.69, 9.17) is 23.2 Å². The van der Waals surface area contributed by atoms with Gasteiger partial charge in [0, 0.05) is 34.5 Å². The summed E-state index contributed by atoms with van der Waals surface area (Å²) in [5.74, 6) is -0.297. The molecule has 0 atom stereocenters. The minimum atomic E-state index is -0.557. The smallest absolute Gasteiger partial charge is 0.411 e. The predicted molar refractivity (Wildman–Crippen MR) is 138 cm³/mol. The maximum absolute atomic E-state index is 12.4. The number of carbonyl (C=O) groups is 2. The van der Waals surface area contributed by atoms with Crippen LogP contribution in [0.1, 0.15) is 11.1 Å². The quantitative estimate of drug-likeness (QED) is 0.321. The van der Waals surface area contributed by atoms with Crippen molar-refractivity contribution in [2.75, 3.05) is 19.0 Å². The number of benzene rings is 2. The highest BCUT2D eigenvalue weighted by atomic mass is 35.5. The van der Waals surface area contributed by atoms with E-state index in [-0.39, 0.29) is 11.1 Å². The molecule has 2 aromatic carbocycles. The van der Waals surface area contributed by atoms with Crippen molar-refractivity contribution in [3.63, 3.8) is 0 Å². The van der Waals surface area contributed by atoms with E-state index in [1.165, 1.54) is 24.2 Å². The summed E-state index contributed by atoms with van der Waals surface area (Å²) in [6.07, 6.45) is 4.38. The lowest BCUT2D eigenvalue weighted by atomic mass is 10.1. The zero-order chi connectivity index (χ0) is 26.2. The number of anilines is 1. The Labute approximate surface area is 221 Å². The Hall–Kier alpha value is -4.35. The highest BCUT2D eigenvalue weighted by Crippen LogP contribution is 2.23. The fourth-order valence-electron chi connectivity index (χ4n) is 3.31. The number of aromatic nitrogens is 6. The van der Waals surface area contributed by atoms with Crippen LogP contribution in [0.15, 0.2) is 60.9 Å². The maximum atomic E-state index is 12.4. The molecule has 0 radical (unpaired) electrons. The van der Waals surface area contributed by atoms with Crippen molar-refractivity contribution in [3.05, 3.63) is 82.2 Å². The van der Waals surface area contributed by atoms with Crippen LogP contribution >= 0.6 is 23.2 Å². The van der Waals surface area contributed by atoms with Crippen molar-refractivity contribution in [1.29, 1.82) is 0 Å². The van der Waals surface area contributed by atoms with Gasteiger partial charge in [0.2, 0.25) is 5.91 Å². The highest BCUT2D eigenvalue weighted by Gasteiger charge is 2.09. The number of nitrogens with one attached hydrogen (secondary N) is 2. The maximum Gasteiger partial charge on any atom is 0.411 e. The summed E-state index contributed by atoms with van der Waals surface area (Å²) in [5, 5.41) is 25.5. The third-order valence-electron chi connectivity index (χ3n) is 5.13. The summed E-state index contributed by atoms with van der Waals surface area (Å²) in [4.78, 5) is 23.8. The van der Waals surface area contributed by atoms with Gasteiger partial charge in [0.25, 0.3) is 0 Å². The second-order valence-electron chi connectivity index (χ2n) is 7.57. The zero-order valence-corrected chi connectivity index (χ0v) is 20.9. The van der Waals surface area contributed by atoms with Crippen molar-refractivity contribution in [1.82, 2.24) is 35.7 Å². The number of carbonyl (C=O) groups excluding carboxylic acids is 2. The Morgan fingerprint density at radius 2 is 1.89 bits per heavy atom. The van der Waals surface area contributed by atoms with Gasteiger partial charge in [-0.3, -0.25) is 10.1 Å². The topological polar surface area (TPSA) is 137 Å². The molecule has 13 heteroatoms. The van der Waals surface area contributed by atoms with Gasteiger partial charge < -0.3 is 10.1 Å². The molecule has 0 aliphatic carbocycles. The van der Waals surface area contributed by atoms with Crippen LogP contribution < -0.4 is 10.6 Å². The molecule has 4 rings (SSSR count). The first-order valence-corrected chi connectivity index (χ1v) is 11.6. The molecule has 37 heavy (non-hydrogen) atoms. The Morgan fingerprint density at radius 1 is 1.08 bits per heavy atom. The molecule has 0 saturated carbocycles. The van der Waals surface area contributed by atoms with Gasteiger partial charge in [-0.25, -0.2) is 4.79 Å². The Kier molecular flexibility index (Phi) is 8.39. The largest absolute Gasteiger partial charge is 0.453 e. The molecule has 2 N–H and O–H groups in total. The van der Waals surface area contributed by atoms with Crippen LogP contribution in [-0.2, 0) is 16.0 Å². The number of amides is 2. The fourth-order valence-corrected chi connectivity index (χ4v) is 3.68. The van der Waals surface area contributed by atoms with Crippen LogP contribution in [-0.4, -0.2) is 56.1 Å². The van der Waals surface area contributed by atoms with Crippen LogP contribution in [0.2, 0.25) is 10.2 Å². The number of halogens is 2. The van der Waals surface area contributed by atoms with Crippen LogP contribution in [0.25, 0.3) is 23.0 Å². The van der Waals surface area contributed by atoms with Gasteiger partial charge in [-0.2, -0.15) is 4.68 Å².